The molecule has 4 heterocycles. The first-order valence-corrected chi connectivity index (χ1v) is 9.09. The van der Waals surface area contributed by atoms with E-state index in [-0.39, 0.29) is 12.8 Å². The van der Waals surface area contributed by atoms with Gasteiger partial charge in [0.2, 0.25) is 0 Å². The van der Waals surface area contributed by atoms with E-state index in [0.717, 1.165) is 5.56 Å². The highest BCUT2D eigenvalue weighted by Crippen LogP contribution is 2.55. The Labute approximate surface area is 164 Å². The quantitative estimate of drug-likeness (QED) is 0.519. The Balaban J connectivity index is 1.58. The van der Waals surface area contributed by atoms with Crippen LogP contribution >= 0.6 is 0 Å². The van der Waals surface area contributed by atoms with Crippen LogP contribution in [-0.2, 0) is 7.05 Å². The summed E-state index contributed by atoms with van der Waals surface area (Å²) in [6.07, 6.45) is 10.0. The van der Waals surface area contributed by atoms with Crippen molar-refractivity contribution in [2.24, 2.45) is 13.0 Å². The van der Waals surface area contributed by atoms with E-state index in [1.165, 1.54) is 4.68 Å². The van der Waals surface area contributed by atoms with E-state index < -0.39 is 17.9 Å². The molecule has 2 atom stereocenters. The summed E-state index contributed by atoms with van der Waals surface area (Å²) in [6, 6.07) is 3.19. The summed E-state index contributed by atoms with van der Waals surface area (Å²) in [5.74, 6) is -3.01. The molecule has 146 valence electrons. The molecule has 1 saturated carbocycles. The summed E-state index contributed by atoms with van der Waals surface area (Å²) in [5, 5.41) is 17.5. The van der Waals surface area contributed by atoms with Crippen molar-refractivity contribution in [2.75, 3.05) is 0 Å². The molecule has 0 saturated heterocycles. The molecule has 0 spiro atoms. The van der Waals surface area contributed by atoms with Crippen LogP contribution in [0.5, 0.6) is 0 Å². The average molecular weight is 394 g/mol. The topological polar surface area (TPSA) is 89.6 Å². The first-order valence-electron chi connectivity index (χ1n) is 9.09. The maximum atomic E-state index is 13.6. The number of hydrogen-bond acceptors (Lipinski definition) is 5. The maximum absolute atomic E-state index is 13.6. The molecule has 5 rings (SSSR count). The van der Waals surface area contributed by atoms with E-state index in [1.54, 1.807) is 35.7 Å². The van der Waals surface area contributed by atoms with E-state index in [1.807, 2.05) is 29.8 Å². The fourth-order valence-electron chi connectivity index (χ4n) is 3.63. The number of alkyl halides is 2. The lowest BCUT2D eigenvalue weighted by atomic mass is 10.1. The van der Waals surface area contributed by atoms with E-state index in [9.17, 15) is 8.78 Å². The SMILES string of the molecule is Cn1cc(-c2cc3nccn3c(-c3cnn(C(CC#N)[C@H]4CC4(F)F)c3)n2)cn1. The molecule has 1 unspecified atom stereocenters. The number of aromatic nitrogens is 7. The van der Waals surface area contributed by atoms with Crippen molar-refractivity contribution in [2.45, 2.75) is 24.8 Å². The lowest BCUT2D eigenvalue weighted by Gasteiger charge is -2.13. The van der Waals surface area contributed by atoms with Crippen LogP contribution in [0, 0.1) is 17.2 Å². The number of aryl methyl sites for hydroxylation is 1. The summed E-state index contributed by atoms with van der Waals surface area (Å²) in [4.78, 5) is 9.09. The monoisotopic (exact) mass is 394 g/mol. The predicted octanol–water partition coefficient (Wildman–Crippen LogP) is 3.10. The highest BCUT2D eigenvalue weighted by molar-refractivity contribution is 5.68. The molecule has 4 aromatic rings. The van der Waals surface area contributed by atoms with Crippen LogP contribution in [0.3, 0.4) is 0 Å². The molecule has 1 fully saturated rings. The molecule has 0 aromatic carbocycles. The van der Waals surface area contributed by atoms with Gasteiger partial charge in [-0.2, -0.15) is 15.5 Å². The highest BCUT2D eigenvalue weighted by Gasteiger charge is 2.61. The zero-order valence-corrected chi connectivity index (χ0v) is 15.4. The number of halogens is 2. The van der Waals surface area contributed by atoms with Crippen LogP contribution in [-0.4, -0.2) is 39.9 Å². The molecular formula is C19H16F2N8. The van der Waals surface area contributed by atoms with Crippen molar-refractivity contribution in [3.05, 3.63) is 43.2 Å². The Kier molecular flexibility index (Phi) is 3.74. The minimum Gasteiger partial charge on any atom is -0.284 e. The van der Waals surface area contributed by atoms with Crippen LogP contribution in [0.25, 0.3) is 28.3 Å². The fraction of sp³-hybridized carbons (Fsp3) is 0.316. The van der Waals surface area contributed by atoms with E-state index in [2.05, 4.69) is 15.2 Å². The van der Waals surface area contributed by atoms with Gasteiger partial charge in [0, 0.05) is 49.9 Å². The average Bonchev–Trinajstić information content (AvgIpc) is 3.21. The van der Waals surface area contributed by atoms with Crippen molar-refractivity contribution in [1.29, 1.82) is 5.26 Å². The molecule has 0 bridgehead atoms. The molecule has 4 aromatic heterocycles. The normalized spacial score (nSPS) is 18.6. The number of rotatable bonds is 5. The second kappa shape index (κ2) is 6.20. The molecular weight excluding hydrogens is 378 g/mol. The van der Waals surface area contributed by atoms with E-state index in [4.69, 9.17) is 10.2 Å². The van der Waals surface area contributed by atoms with Gasteiger partial charge in [0.05, 0.1) is 48.1 Å². The van der Waals surface area contributed by atoms with Crippen molar-refractivity contribution in [3.63, 3.8) is 0 Å². The van der Waals surface area contributed by atoms with E-state index >= 15 is 0 Å². The van der Waals surface area contributed by atoms with Gasteiger partial charge in [-0.15, -0.1) is 0 Å². The van der Waals surface area contributed by atoms with Gasteiger partial charge in [-0.1, -0.05) is 0 Å². The summed E-state index contributed by atoms with van der Waals surface area (Å²) in [5.41, 5.74) is 2.89. The lowest BCUT2D eigenvalue weighted by molar-refractivity contribution is 0.0847. The van der Waals surface area contributed by atoms with Crippen LogP contribution in [0.1, 0.15) is 18.9 Å². The third-order valence-corrected chi connectivity index (χ3v) is 5.23. The second-order valence-corrected chi connectivity index (χ2v) is 7.23. The van der Waals surface area contributed by atoms with Crippen molar-refractivity contribution in [3.8, 4) is 28.7 Å². The van der Waals surface area contributed by atoms with Crippen LogP contribution < -0.4 is 0 Å². The predicted molar refractivity (Wildman–Crippen MR) is 98.7 cm³/mol. The Morgan fingerprint density at radius 1 is 1.28 bits per heavy atom. The minimum atomic E-state index is -2.73. The van der Waals surface area contributed by atoms with Gasteiger partial charge >= 0.3 is 0 Å². The first kappa shape index (κ1) is 17.5. The van der Waals surface area contributed by atoms with Gasteiger partial charge in [0.25, 0.3) is 5.92 Å². The summed E-state index contributed by atoms with van der Waals surface area (Å²) < 4.78 is 32.2. The van der Waals surface area contributed by atoms with Gasteiger partial charge in [-0.25, -0.2) is 18.7 Å². The zero-order valence-electron chi connectivity index (χ0n) is 15.4. The van der Waals surface area contributed by atoms with Gasteiger partial charge in [-0.05, 0) is 0 Å². The van der Waals surface area contributed by atoms with Crippen molar-refractivity contribution in [1.82, 2.24) is 33.9 Å². The summed E-state index contributed by atoms with van der Waals surface area (Å²) in [7, 11) is 1.82. The molecule has 29 heavy (non-hydrogen) atoms. The second-order valence-electron chi connectivity index (χ2n) is 7.23. The maximum Gasteiger partial charge on any atom is 0.253 e. The van der Waals surface area contributed by atoms with Gasteiger partial charge in [0.1, 0.15) is 11.5 Å². The van der Waals surface area contributed by atoms with Gasteiger partial charge in [-0.3, -0.25) is 13.8 Å². The first-order chi connectivity index (χ1) is 14.0. The molecule has 0 radical (unpaired) electrons. The highest BCUT2D eigenvalue weighted by atomic mass is 19.3. The smallest absolute Gasteiger partial charge is 0.253 e. The molecule has 0 amide bonds. The number of hydrogen-bond donors (Lipinski definition) is 0. The summed E-state index contributed by atoms with van der Waals surface area (Å²) in [6.45, 7) is 0. The standard InChI is InChI=1S/C19H16F2N8/c1-27-10-12(8-24-27)15-6-17-23-4-5-28(17)18(26-15)13-9-25-29(11-13)16(2-3-22)14-7-19(14,20)21/h4-6,8-11,14,16H,2,7H2,1H3/t14-,16?/m1/s1. The zero-order chi connectivity index (χ0) is 20.2. The minimum absolute atomic E-state index is 0.0228. The van der Waals surface area contributed by atoms with Gasteiger partial charge in [0.15, 0.2) is 0 Å². The third kappa shape index (κ3) is 2.95. The molecule has 1 aliphatic rings. The Morgan fingerprint density at radius 2 is 2.07 bits per heavy atom. The number of nitriles is 1. The summed E-state index contributed by atoms with van der Waals surface area (Å²) >= 11 is 0. The van der Waals surface area contributed by atoms with Crippen LogP contribution in [0.15, 0.2) is 43.2 Å². The third-order valence-electron chi connectivity index (χ3n) is 5.23. The Morgan fingerprint density at radius 3 is 2.76 bits per heavy atom. The van der Waals surface area contributed by atoms with Gasteiger partial charge < -0.3 is 0 Å². The van der Waals surface area contributed by atoms with Crippen LogP contribution in [0.2, 0.25) is 0 Å². The number of fused-ring (bicyclic) bond motifs is 1. The van der Waals surface area contributed by atoms with Crippen molar-refractivity contribution >= 4 is 5.65 Å². The number of imidazole rings is 1. The van der Waals surface area contributed by atoms with Crippen LogP contribution in [0.4, 0.5) is 8.78 Å². The Hall–Kier alpha value is -3.61. The fourth-order valence-corrected chi connectivity index (χ4v) is 3.63. The van der Waals surface area contributed by atoms with E-state index in [0.29, 0.717) is 22.7 Å². The molecule has 10 heteroatoms. The molecule has 0 N–H and O–H groups in total. The molecule has 8 nitrogen and oxygen atoms in total. The molecule has 1 aliphatic carbocycles. The van der Waals surface area contributed by atoms with Crippen molar-refractivity contribution < 1.29 is 8.78 Å². The lowest BCUT2D eigenvalue weighted by Crippen LogP contribution is -2.15. The molecule has 0 aliphatic heterocycles. The largest absolute Gasteiger partial charge is 0.284 e. The Bertz CT molecular complexity index is 1240. The number of nitrogens with zero attached hydrogens (tertiary/aromatic N) is 8.